The van der Waals surface area contributed by atoms with E-state index < -0.39 is 0 Å². The van der Waals surface area contributed by atoms with Gasteiger partial charge in [0.25, 0.3) is 5.91 Å². The zero-order chi connectivity index (χ0) is 22.6. The molecular formula is C25H29N3O4S. The van der Waals surface area contributed by atoms with Crippen molar-refractivity contribution < 1.29 is 19.4 Å². The summed E-state index contributed by atoms with van der Waals surface area (Å²) in [6.45, 7) is 1.25. The number of hydrogen-bond donors (Lipinski definition) is 2. The van der Waals surface area contributed by atoms with Crippen LogP contribution in [0.15, 0.2) is 36.5 Å². The Kier molecular flexibility index (Phi) is 6.85. The lowest BCUT2D eigenvalue weighted by molar-refractivity contribution is 0.0700. The number of ether oxygens (including phenoxy) is 2. The summed E-state index contributed by atoms with van der Waals surface area (Å²) in [5.41, 5.74) is 1.26. The molecule has 0 spiro atoms. The minimum atomic E-state index is -0.233. The summed E-state index contributed by atoms with van der Waals surface area (Å²) in [7, 11) is 0. The molecule has 174 valence electrons. The van der Waals surface area contributed by atoms with Gasteiger partial charge in [0.1, 0.15) is 17.2 Å². The molecule has 1 amide bonds. The lowest BCUT2D eigenvalue weighted by Gasteiger charge is -2.26. The van der Waals surface area contributed by atoms with Crippen LogP contribution in [0.5, 0.6) is 11.5 Å². The molecule has 1 saturated heterocycles. The Morgan fingerprint density at radius 2 is 2.03 bits per heavy atom. The van der Waals surface area contributed by atoms with E-state index >= 15 is 0 Å². The highest BCUT2D eigenvalue weighted by Gasteiger charge is 2.24. The van der Waals surface area contributed by atoms with Gasteiger partial charge >= 0.3 is 0 Å². The van der Waals surface area contributed by atoms with E-state index in [1.54, 1.807) is 29.7 Å². The fourth-order valence-electron chi connectivity index (χ4n) is 4.59. The van der Waals surface area contributed by atoms with Crippen molar-refractivity contribution in [2.24, 2.45) is 5.92 Å². The Morgan fingerprint density at radius 3 is 2.88 bits per heavy atom. The minimum absolute atomic E-state index is 0.0887. The van der Waals surface area contributed by atoms with Gasteiger partial charge in [0.2, 0.25) is 0 Å². The number of nitrogens with one attached hydrogen (secondary N) is 1. The molecule has 8 heteroatoms. The number of benzene rings is 1. The van der Waals surface area contributed by atoms with Crippen molar-refractivity contribution in [2.45, 2.75) is 57.2 Å². The van der Waals surface area contributed by atoms with Crippen LogP contribution in [0.25, 0.3) is 10.2 Å². The summed E-state index contributed by atoms with van der Waals surface area (Å²) in [6.07, 6.45) is 8.55. The maximum Gasteiger partial charge on any atom is 0.270 e. The van der Waals surface area contributed by atoms with Crippen molar-refractivity contribution in [3.05, 3.63) is 47.2 Å². The third-order valence-corrected chi connectivity index (χ3v) is 7.46. The van der Waals surface area contributed by atoms with E-state index in [0.717, 1.165) is 60.4 Å². The molecule has 1 aromatic carbocycles. The number of rotatable bonds is 7. The van der Waals surface area contributed by atoms with E-state index in [1.165, 1.54) is 6.42 Å². The molecule has 2 N–H and O–H groups in total. The summed E-state index contributed by atoms with van der Waals surface area (Å²) in [4.78, 5) is 21.4. The van der Waals surface area contributed by atoms with Gasteiger partial charge in [0, 0.05) is 37.9 Å². The Hall–Kier alpha value is -2.55. The van der Waals surface area contributed by atoms with Crippen LogP contribution in [0.1, 0.15) is 54.0 Å². The normalized spacial score (nSPS) is 23.0. The Morgan fingerprint density at radius 1 is 1.15 bits per heavy atom. The molecule has 1 unspecified atom stereocenters. The molecule has 1 saturated carbocycles. The zero-order valence-corrected chi connectivity index (χ0v) is 19.4. The minimum Gasteiger partial charge on any atom is -0.457 e. The summed E-state index contributed by atoms with van der Waals surface area (Å²) >= 11 is 1.65. The topological polar surface area (TPSA) is 93.6 Å². The highest BCUT2D eigenvalue weighted by Crippen LogP contribution is 2.33. The maximum absolute atomic E-state index is 12.5. The van der Waals surface area contributed by atoms with Crippen LogP contribution in [-0.4, -0.2) is 46.3 Å². The van der Waals surface area contributed by atoms with Crippen molar-refractivity contribution in [3.8, 4) is 11.5 Å². The average Bonchev–Trinajstić information content (AvgIpc) is 3.48. The second-order valence-electron chi connectivity index (χ2n) is 8.88. The van der Waals surface area contributed by atoms with E-state index in [9.17, 15) is 9.90 Å². The summed E-state index contributed by atoms with van der Waals surface area (Å²) < 4.78 is 12.6. The van der Waals surface area contributed by atoms with Gasteiger partial charge in [-0.3, -0.25) is 9.78 Å². The molecule has 2 aromatic heterocycles. The molecule has 33 heavy (non-hydrogen) atoms. The van der Waals surface area contributed by atoms with Crippen LogP contribution >= 0.6 is 11.3 Å². The molecule has 0 bridgehead atoms. The van der Waals surface area contributed by atoms with Gasteiger partial charge in [-0.05, 0) is 49.8 Å². The van der Waals surface area contributed by atoms with Crippen LogP contribution in [0.3, 0.4) is 0 Å². The Bertz CT molecular complexity index is 1110. The third kappa shape index (κ3) is 5.51. The summed E-state index contributed by atoms with van der Waals surface area (Å²) in [6, 6.07) is 9.21. The van der Waals surface area contributed by atoms with Gasteiger partial charge in [-0.2, -0.15) is 0 Å². The molecule has 3 heterocycles. The van der Waals surface area contributed by atoms with Gasteiger partial charge in [-0.25, -0.2) is 4.98 Å². The van der Waals surface area contributed by atoms with Gasteiger partial charge in [-0.15, -0.1) is 11.3 Å². The number of thiazole rings is 1. The van der Waals surface area contributed by atoms with Gasteiger partial charge < -0.3 is 19.9 Å². The third-order valence-electron chi connectivity index (χ3n) is 6.42. The number of pyridine rings is 1. The second kappa shape index (κ2) is 10.2. The number of fused-ring (bicyclic) bond motifs is 1. The number of aliphatic hydroxyl groups is 1. The molecule has 2 fully saturated rings. The Balaban J connectivity index is 1.24. The maximum atomic E-state index is 12.5. The van der Waals surface area contributed by atoms with Crippen molar-refractivity contribution in [1.29, 1.82) is 0 Å². The zero-order valence-electron chi connectivity index (χ0n) is 18.5. The van der Waals surface area contributed by atoms with Crippen LogP contribution < -0.4 is 10.1 Å². The fraction of sp³-hybridized carbons (Fsp3) is 0.480. The Labute approximate surface area is 197 Å². The number of amides is 1. The average molecular weight is 468 g/mol. The lowest BCUT2D eigenvalue weighted by atomic mass is 9.84. The van der Waals surface area contributed by atoms with E-state index in [2.05, 4.69) is 10.3 Å². The predicted octanol–water partition coefficient (Wildman–Crippen LogP) is 4.49. The first kappa shape index (κ1) is 22.3. The summed E-state index contributed by atoms with van der Waals surface area (Å²) in [5, 5.41) is 14.2. The molecule has 3 aromatic rings. The molecule has 1 aliphatic heterocycles. The van der Waals surface area contributed by atoms with E-state index in [4.69, 9.17) is 14.5 Å². The first-order chi connectivity index (χ1) is 16.1. The van der Waals surface area contributed by atoms with Crippen molar-refractivity contribution in [1.82, 2.24) is 15.3 Å². The number of hydrogen-bond acceptors (Lipinski definition) is 7. The fourth-order valence-corrected chi connectivity index (χ4v) is 5.68. The number of carbonyl (C=O) groups is 1. The van der Waals surface area contributed by atoms with E-state index in [-0.39, 0.29) is 18.1 Å². The molecule has 3 atom stereocenters. The SMILES string of the molecule is O=C(NCC1CCCO1)c1cc(Oc2ccc3nc(C[C@@H]4CCCC[C@H]4O)sc3c2)ccn1. The van der Waals surface area contributed by atoms with Crippen LogP contribution in [-0.2, 0) is 11.2 Å². The quantitative estimate of drug-likeness (QED) is 0.532. The highest BCUT2D eigenvalue weighted by atomic mass is 32.1. The van der Waals surface area contributed by atoms with Crippen molar-refractivity contribution >= 4 is 27.5 Å². The number of aliphatic hydroxyl groups excluding tert-OH is 1. The first-order valence-electron chi connectivity index (χ1n) is 11.8. The van der Waals surface area contributed by atoms with Crippen molar-refractivity contribution in [3.63, 3.8) is 0 Å². The number of nitrogens with zero attached hydrogens (tertiary/aromatic N) is 2. The molecule has 7 nitrogen and oxygen atoms in total. The van der Waals surface area contributed by atoms with E-state index in [0.29, 0.717) is 29.7 Å². The van der Waals surface area contributed by atoms with Crippen LogP contribution in [0, 0.1) is 5.92 Å². The predicted molar refractivity (Wildman–Crippen MR) is 127 cm³/mol. The molecule has 0 radical (unpaired) electrons. The van der Waals surface area contributed by atoms with Crippen molar-refractivity contribution in [2.75, 3.05) is 13.2 Å². The molecule has 2 aliphatic rings. The van der Waals surface area contributed by atoms with Crippen LogP contribution in [0.2, 0.25) is 0 Å². The van der Waals surface area contributed by atoms with Gasteiger partial charge in [0.05, 0.1) is 27.4 Å². The number of aromatic nitrogens is 2. The summed E-state index contributed by atoms with van der Waals surface area (Å²) in [5.74, 6) is 1.31. The number of carbonyl (C=O) groups excluding carboxylic acids is 1. The molecule has 5 rings (SSSR count). The molecule has 1 aliphatic carbocycles. The van der Waals surface area contributed by atoms with E-state index in [1.807, 2.05) is 18.2 Å². The molecular weight excluding hydrogens is 438 g/mol. The highest BCUT2D eigenvalue weighted by molar-refractivity contribution is 7.18. The standard InChI is InChI=1S/C25H29N3O4S/c29-22-6-2-1-4-16(22)12-24-28-20-8-7-17(14-23(20)33-24)32-18-9-10-26-21(13-18)25(30)27-15-19-5-3-11-31-19/h7-10,13-14,16,19,22,29H,1-6,11-12,15H2,(H,27,30)/t16-,19?,22+/m0/s1. The first-order valence-corrected chi connectivity index (χ1v) is 12.6. The lowest BCUT2D eigenvalue weighted by Crippen LogP contribution is -2.32. The van der Waals surface area contributed by atoms with Crippen LogP contribution in [0.4, 0.5) is 0 Å². The monoisotopic (exact) mass is 467 g/mol. The second-order valence-corrected chi connectivity index (χ2v) is 9.99. The largest absolute Gasteiger partial charge is 0.457 e. The van der Waals surface area contributed by atoms with Gasteiger partial charge in [0.15, 0.2) is 0 Å². The van der Waals surface area contributed by atoms with Gasteiger partial charge in [-0.1, -0.05) is 12.8 Å². The smallest absolute Gasteiger partial charge is 0.270 e.